The average molecular weight is 351 g/mol. The van der Waals surface area contributed by atoms with Gasteiger partial charge in [-0.3, -0.25) is 4.79 Å². The van der Waals surface area contributed by atoms with Gasteiger partial charge in [-0.05, 0) is 37.3 Å². The highest BCUT2D eigenvalue weighted by atomic mass is 19.3. The SMILES string of the molecule is NC1=N[C@@H](CCc2ccccc2NC(=O)C2CCC(F)(F)CC2)CO1. The first-order chi connectivity index (χ1) is 11.9. The Balaban J connectivity index is 1.58. The van der Waals surface area contributed by atoms with Gasteiger partial charge in [0.05, 0.1) is 6.04 Å². The zero-order chi connectivity index (χ0) is 17.9. The zero-order valence-corrected chi connectivity index (χ0v) is 14.0. The van der Waals surface area contributed by atoms with Gasteiger partial charge in [-0.15, -0.1) is 0 Å². The molecule has 0 unspecified atom stereocenters. The maximum absolute atomic E-state index is 13.2. The first kappa shape index (κ1) is 17.6. The molecule has 0 bridgehead atoms. The Hall–Kier alpha value is -2.18. The van der Waals surface area contributed by atoms with Gasteiger partial charge in [-0.25, -0.2) is 13.8 Å². The van der Waals surface area contributed by atoms with Crippen LogP contribution in [0.2, 0.25) is 0 Å². The van der Waals surface area contributed by atoms with E-state index in [-0.39, 0.29) is 49.6 Å². The molecule has 3 rings (SSSR count). The molecule has 0 aromatic heterocycles. The Morgan fingerprint density at radius 2 is 2.04 bits per heavy atom. The molecule has 1 aromatic rings. The van der Waals surface area contributed by atoms with Gasteiger partial charge >= 0.3 is 0 Å². The Morgan fingerprint density at radius 3 is 2.72 bits per heavy atom. The molecule has 7 heteroatoms. The second-order valence-electron chi connectivity index (χ2n) is 6.75. The number of hydrogen-bond acceptors (Lipinski definition) is 4. The highest BCUT2D eigenvalue weighted by molar-refractivity contribution is 5.93. The first-order valence-electron chi connectivity index (χ1n) is 8.66. The van der Waals surface area contributed by atoms with E-state index >= 15 is 0 Å². The number of nitrogens with zero attached hydrogens (tertiary/aromatic N) is 1. The molecule has 1 atom stereocenters. The molecule has 1 fully saturated rings. The van der Waals surface area contributed by atoms with Crippen LogP contribution in [-0.2, 0) is 16.0 Å². The molecule has 1 heterocycles. The fourth-order valence-corrected chi connectivity index (χ4v) is 3.30. The molecule has 1 aliphatic heterocycles. The summed E-state index contributed by atoms with van der Waals surface area (Å²) < 4.78 is 31.6. The number of amides is 1. The van der Waals surface area contributed by atoms with Gasteiger partial charge in [0.2, 0.25) is 11.8 Å². The van der Waals surface area contributed by atoms with Crippen LogP contribution in [-0.4, -0.2) is 30.5 Å². The normalized spacial score (nSPS) is 23.0. The third-order valence-corrected chi connectivity index (χ3v) is 4.84. The number of carbonyl (C=O) groups is 1. The smallest absolute Gasteiger partial charge is 0.282 e. The monoisotopic (exact) mass is 351 g/mol. The van der Waals surface area contributed by atoms with E-state index in [1.165, 1.54) is 0 Å². The van der Waals surface area contributed by atoms with Crippen LogP contribution in [0.1, 0.15) is 37.7 Å². The van der Waals surface area contributed by atoms with Crippen molar-refractivity contribution >= 4 is 17.6 Å². The number of ether oxygens (including phenoxy) is 1. The van der Waals surface area contributed by atoms with Gasteiger partial charge < -0.3 is 15.8 Å². The van der Waals surface area contributed by atoms with Crippen molar-refractivity contribution in [3.05, 3.63) is 29.8 Å². The maximum Gasteiger partial charge on any atom is 0.282 e. The predicted molar refractivity (Wildman–Crippen MR) is 91.7 cm³/mol. The maximum atomic E-state index is 13.2. The topological polar surface area (TPSA) is 76.7 Å². The molecule has 1 saturated carbocycles. The van der Waals surface area contributed by atoms with E-state index in [0.717, 1.165) is 24.1 Å². The average Bonchev–Trinajstić information content (AvgIpc) is 2.99. The molecule has 1 aromatic carbocycles. The van der Waals surface area contributed by atoms with Crippen molar-refractivity contribution in [3.63, 3.8) is 0 Å². The van der Waals surface area contributed by atoms with Crippen LogP contribution in [0.4, 0.5) is 14.5 Å². The van der Waals surface area contributed by atoms with Gasteiger partial charge in [0.1, 0.15) is 6.61 Å². The zero-order valence-electron chi connectivity index (χ0n) is 14.0. The van der Waals surface area contributed by atoms with Gasteiger partial charge in [-0.1, -0.05) is 18.2 Å². The first-order valence-corrected chi connectivity index (χ1v) is 8.66. The number of benzene rings is 1. The molecule has 0 radical (unpaired) electrons. The van der Waals surface area contributed by atoms with Crippen LogP contribution in [0.15, 0.2) is 29.3 Å². The minimum absolute atomic E-state index is 0.0318. The minimum atomic E-state index is -2.62. The number of rotatable bonds is 5. The number of anilines is 1. The van der Waals surface area contributed by atoms with Gasteiger partial charge in [0.15, 0.2) is 0 Å². The molecule has 2 aliphatic rings. The summed E-state index contributed by atoms with van der Waals surface area (Å²) in [5, 5.41) is 2.92. The van der Waals surface area contributed by atoms with Gasteiger partial charge in [-0.2, -0.15) is 0 Å². The van der Waals surface area contributed by atoms with E-state index in [1.54, 1.807) is 0 Å². The van der Waals surface area contributed by atoms with Crippen LogP contribution in [0.5, 0.6) is 0 Å². The second-order valence-corrected chi connectivity index (χ2v) is 6.75. The second kappa shape index (κ2) is 7.37. The van der Waals surface area contributed by atoms with Crippen molar-refractivity contribution in [2.45, 2.75) is 50.5 Å². The summed E-state index contributed by atoms with van der Waals surface area (Å²) in [7, 11) is 0. The number of carbonyl (C=O) groups excluding carboxylic acids is 1. The third kappa shape index (κ3) is 4.67. The lowest BCUT2D eigenvalue weighted by Crippen LogP contribution is -2.32. The lowest BCUT2D eigenvalue weighted by atomic mass is 9.86. The van der Waals surface area contributed by atoms with Gasteiger partial charge in [0, 0.05) is 24.4 Å². The molecule has 5 nitrogen and oxygen atoms in total. The summed E-state index contributed by atoms with van der Waals surface area (Å²) in [6.45, 7) is 0.483. The number of aliphatic imine (C=N–C) groups is 1. The summed E-state index contributed by atoms with van der Waals surface area (Å²) in [6, 6.07) is 7.81. The number of nitrogens with one attached hydrogen (secondary N) is 1. The summed E-state index contributed by atoms with van der Waals surface area (Å²) in [5.74, 6) is -3.14. The lowest BCUT2D eigenvalue weighted by Gasteiger charge is -2.27. The molecule has 0 spiro atoms. The van der Waals surface area contributed by atoms with Crippen LogP contribution in [0.25, 0.3) is 0 Å². The van der Waals surface area contributed by atoms with Crippen molar-refractivity contribution in [1.82, 2.24) is 0 Å². The highest BCUT2D eigenvalue weighted by Crippen LogP contribution is 2.36. The van der Waals surface area contributed by atoms with E-state index in [9.17, 15) is 13.6 Å². The van der Waals surface area contributed by atoms with E-state index in [0.29, 0.717) is 6.61 Å². The number of alkyl halides is 2. The van der Waals surface area contributed by atoms with Crippen molar-refractivity contribution in [3.8, 4) is 0 Å². The fourth-order valence-electron chi connectivity index (χ4n) is 3.30. The van der Waals surface area contributed by atoms with Crippen LogP contribution >= 0.6 is 0 Å². The summed E-state index contributed by atoms with van der Waals surface area (Å²) in [5.41, 5.74) is 7.24. The van der Waals surface area contributed by atoms with Crippen molar-refractivity contribution < 1.29 is 18.3 Å². The molecule has 1 amide bonds. The molecular formula is C18H23F2N3O2. The van der Waals surface area contributed by atoms with E-state index in [1.807, 2.05) is 24.3 Å². The predicted octanol–water partition coefficient (Wildman–Crippen LogP) is 3.10. The minimum Gasteiger partial charge on any atom is -0.463 e. The quantitative estimate of drug-likeness (QED) is 0.856. The van der Waals surface area contributed by atoms with E-state index < -0.39 is 5.92 Å². The fraction of sp³-hybridized carbons (Fsp3) is 0.556. The van der Waals surface area contributed by atoms with Crippen molar-refractivity contribution in [2.24, 2.45) is 16.6 Å². The molecule has 136 valence electrons. The largest absolute Gasteiger partial charge is 0.463 e. The number of aryl methyl sites for hydroxylation is 1. The Kier molecular flexibility index (Phi) is 5.20. The summed E-state index contributed by atoms with van der Waals surface area (Å²) in [4.78, 5) is 16.6. The Morgan fingerprint density at radius 1 is 1.32 bits per heavy atom. The summed E-state index contributed by atoms with van der Waals surface area (Å²) >= 11 is 0. The van der Waals surface area contributed by atoms with Crippen LogP contribution in [0.3, 0.4) is 0 Å². The highest BCUT2D eigenvalue weighted by Gasteiger charge is 2.37. The van der Waals surface area contributed by atoms with Crippen LogP contribution < -0.4 is 11.1 Å². The van der Waals surface area contributed by atoms with Crippen molar-refractivity contribution in [1.29, 1.82) is 0 Å². The number of nitrogens with two attached hydrogens (primary N) is 1. The number of halogens is 2. The Bertz CT molecular complexity index is 653. The van der Waals surface area contributed by atoms with Crippen LogP contribution in [0, 0.1) is 5.92 Å². The van der Waals surface area contributed by atoms with E-state index in [2.05, 4.69) is 10.3 Å². The number of amidine groups is 1. The molecule has 3 N–H and O–H groups in total. The molecule has 25 heavy (non-hydrogen) atoms. The molecular weight excluding hydrogens is 328 g/mol. The summed E-state index contributed by atoms with van der Waals surface area (Å²) in [6.07, 6.45) is 1.53. The Labute approximate surface area is 145 Å². The third-order valence-electron chi connectivity index (χ3n) is 4.84. The number of para-hydroxylation sites is 1. The molecule has 0 saturated heterocycles. The standard InChI is InChI=1S/C18H23F2N3O2/c19-18(20)9-7-13(8-10-18)16(24)23-15-4-2-1-3-12(15)5-6-14-11-25-17(21)22-14/h1-4,13-14H,5-11H2,(H2,21,22)(H,23,24)/t14-/m0/s1. The number of hydrogen-bond donors (Lipinski definition) is 2. The molecule has 1 aliphatic carbocycles. The van der Waals surface area contributed by atoms with Crippen molar-refractivity contribution in [2.75, 3.05) is 11.9 Å². The van der Waals surface area contributed by atoms with E-state index in [4.69, 9.17) is 10.5 Å². The van der Waals surface area contributed by atoms with Gasteiger partial charge in [0.25, 0.3) is 6.02 Å². The lowest BCUT2D eigenvalue weighted by molar-refractivity contribution is -0.124.